The van der Waals surface area contributed by atoms with Crippen LogP contribution in [0.5, 0.6) is 0 Å². The van der Waals surface area contributed by atoms with Crippen LogP contribution in [0.3, 0.4) is 0 Å². The maximum absolute atomic E-state index is 10.0. The summed E-state index contributed by atoms with van der Waals surface area (Å²) in [7, 11) is 1.75. The Morgan fingerprint density at radius 3 is 2.78 bits per heavy atom. The Labute approximate surface area is 110 Å². The van der Waals surface area contributed by atoms with E-state index in [4.69, 9.17) is 9.47 Å². The summed E-state index contributed by atoms with van der Waals surface area (Å²) in [5.41, 5.74) is 0. The van der Waals surface area contributed by atoms with Crippen LogP contribution in [0.15, 0.2) is 0 Å². The maximum Gasteiger partial charge on any atom is 0.0624 e. The van der Waals surface area contributed by atoms with Gasteiger partial charge < -0.3 is 14.6 Å². The predicted molar refractivity (Wildman–Crippen MR) is 70.6 cm³/mol. The van der Waals surface area contributed by atoms with Crippen molar-refractivity contribution < 1.29 is 14.6 Å². The van der Waals surface area contributed by atoms with E-state index in [0.717, 1.165) is 32.0 Å². The van der Waals surface area contributed by atoms with Gasteiger partial charge in [0.2, 0.25) is 0 Å². The van der Waals surface area contributed by atoms with Gasteiger partial charge in [-0.25, -0.2) is 0 Å². The Hall–Kier alpha value is -0.160. The van der Waals surface area contributed by atoms with Crippen LogP contribution in [0.2, 0.25) is 0 Å². The van der Waals surface area contributed by atoms with Gasteiger partial charge in [0.05, 0.1) is 19.3 Å². The van der Waals surface area contributed by atoms with E-state index in [1.54, 1.807) is 7.11 Å². The van der Waals surface area contributed by atoms with E-state index in [2.05, 4.69) is 11.8 Å². The van der Waals surface area contributed by atoms with Crippen molar-refractivity contribution >= 4 is 0 Å². The normalized spacial score (nSPS) is 30.7. The summed E-state index contributed by atoms with van der Waals surface area (Å²) in [4.78, 5) is 2.48. The molecular formula is C14H27NO3. The molecule has 4 heteroatoms. The second-order valence-electron chi connectivity index (χ2n) is 5.76. The first-order chi connectivity index (χ1) is 8.72. The molecule has 1 N–H and O–H groups in total. The lowest BCUT2D eigenvalue weighted by Crippen LogP contribution is -2.46. The van der Waals surface area contributed by atoms with Gasteiger partial charge in [-0.2, -0.15) is 0 Å². The fraction of sp³-hybridized carbons (Fsp3) is 1.00. The Morgan fingerprint density at radius 2 is 2.17 bits per heavy atom. The molecule has 106 valence electrons. The Balaban J connectivity index is 1.86. The number of ether oxygens (including phenoxy) is 2. The molecule has 0 radical (unpaired) electrons. The lowest BCUT2D eigenvalue weighted by molar-refractivity contribution is -0.0527. The summed E-state index contributed by atoms with van der Waals surface area (Å²) >= 11 is 0. The summed E-state index contributed by atoms with van der Waals surface area (Å²) in [6.45, 7) is 6.36. The molecule has 1 aliphatic heterocycles. The Bertz CT molecular complexity index is 245. The van der Waals surface area contributed by atoms with Crippen LogP contribution in [-0.4, -0.2) is 62.2 Å². The molecule has 0 aromatic heterocycles. The number of methoxy groups -OCH3 is 1. The first-order valence-corrected chi connectivity index (χ1v) is 7.21. The fourth-order valence-corrected chi connectivity index (χ4v) is 2.81. The highest BCUT2D eigenvalue weighted by atomic mass is 16.5. The highest BCUT2D eigenvalue weighted by Gasteiger charge is 2.34. The zero-order chi connectivity index (χ0) is 13.0. The molecule has 1 heterocycles. The number of rotatable bonds is 7. The average molecular weight is 257 g/mol. The third-order valence-corrected chi connectivity index (χ3v) is 4.37. The van der Waals surface area contributed by atoms with Crippen LogP contribution in [0.4, 0.5) is 0 Å². The fourth-order valence-electron chi connectivity index (χ4n) is 2.81. The van der Waals surface area contributed by atoms with Gasteiger partial charge in [0.15, 0.2) is 0 Å². The summed E-state index contributed by atoms with van der Waals surface area (Å²) in [6.07, 6.45) is 3.29. The van der Waals surface area contributed by atoms with E-state index in [9.17, 15) is 5.11 Å². The van der Waals surface area contributed by atoms with E-state index >= 15 is 0 Å². The second-order valence-corrected chi connectivity index (χ2v) is 5.76. The summed E-state index contributed by atoms with van der Waals surface area (Å²) < 4.78 is 10.7. The van der Waals surface area contributed by atoms with E-state index < -0.39 is 0 Å². The van der Waals surface area contributed by atoms with Crippen LogP contribution in [0, 0.1) is 11.8 Å². The quantitative estimate of drug-likeness (QED) is 0.742. The SMILES string of the molecule is COCCN(CC1COCCC1O)C(C)C1CC1. The van der Waals surface area contributed by atoms with Crippen molar-refractivity contribution in [3.8, 4) is 0 Å². The molecule has 3 atom stereocenters. The topological polar surface area (TPSA) is 41.9 Å². The zero-order valence-corrected chi connectivity index (χ0v) is 11.7. The van der Waals surface area contributed by atoms with Crippen molar-refractivity contribution in [2.45, 2.75) is 38.3 Å². The van der Waals surface area contributed by atoms with Gasteiger partial charge in [-0.3, -0.25) is 4.90 Å². The van der Waals surface area contributed by atoms with E-state index in [0.29, 0.717) is 19.3 Å². The molecule has 0 spiro atoms. The molecular weight excluding hydrogens is 230 g/mol. The minimum atomic E-state index is -0.199. The van der Waals surface area contributed by atoms with Gasteiger partial charge in [-0.05, 0) is 32.1 Å². The number of nitrogens with zero attached hydrogens (tertiary/aromatic N) is 1. The molecule has 2 fully saturated rings. The average Bonchev–Trinajstić information content (AvgIpc) is 3.20. The van der Waals surface area contributed by atoms with Crippen molar-refractivity contribution in [2.24, 2.45) is 11.8 Å². The van der Waals surface area contributed by atoms with Gasteiger partial charge in [0, 0.05) is 38.8 Å². The monoisotopic (exact) mass is 257 g/mol. The molecule has 0 aromatic carbocycles. The van der Waals surface area contributed by atoms with Crippen LogP contribution in [0.25, 0.3) is 0 Å². The molecule has 2 aliphatic rings. The number of aliphatic hydroxyl groups excluding tert-OH is 1. The molecule has 18 heavy (non-hydrogen) atoms. The van der Waals surface area contributed by atoms with Crippen molar-refractivity contribution in [3.63, 3.8) is 0 Å². The molecule has 1 saturated heterocycles. The smallest absolute Gasteiger partial charge is 0.0624 e. The highest BCUT2D eigenvalue weighted by Crippen LogP contribution is 2.35. The van der Waals surface area contributed by atoms with E-state index in [1.165, 1.54) is 12.8 Å². The first-order valence-electron chi connectivity index (χ1n) is 7.21. The molecule has 0 bridgehead atoms. The standard InChI is InChI=1S/C14H27NO3/c1-11(12-3-4-12)15(6-8-17-2)9-13-10-18-7-5-14(13)16/h11-14,16H,3-10H2,1-2H3. The molecule has 0 aromatic rings. The summed E-state index contributed by atoms with van der Waals surface area (Å²) in [6, 6.07) is 0.606. The molecule has 0 amide bonds. The van der Waals surface area contributed by atoms with Gasteiger partial charge >= 0.3 is 0 Å². The second kappa shape index (κ2) is 6.85. The third-order valence-electron chi connectivity index (χ3n) is 4.37. The number of hydrogen-bond acceptors (Lipinski definition) is 4. The first kappa shape index (κ1) is 14.3. The van der Waals surface area contributed by atoms with Gasteiger partial charge in [0.1, 0.15) is 0 Å². The molecule has 3 unspecified atom stereocenters. The van der Waals surface area contributed by atoms with Crippen LogP contribution < -0.4 is 0 Å². The van der Waals surface area contributed by atoms with E-state index in [-0.39, 0.29) is 12.0 Å². The number of hydrogen-bond donors (Lipinski definition) is 1. The molecule has 2 rings (SSSR count). The van der Waals surface area contributed by atoms with Crippen molar-refractivity contribution in [1.29, 1.82) is 0 Å². The van der Waals surface area contributed by atoms with Crippen LogP contribution in [0.1, 0.15) is 26.2 Å². The van der Waals surface area contributed by atoms with Crippen LogP contribution >= 0.6 is 0 Å². The van der Waals surface area contributed by atoms with E-state index in [1.807, 2.05) is 0 Å². The van der Waals surface area contributed by atoms with Crippen LogP contribution in [-0.2, 0) is 9.47 Å². The summed E-state index contributed by atoms with van der Waals surface area (Å²) in [5.74, 6) is 1.11. The Morgan fingerprint density at radius 1 is 1.39 bits per heavy atom. The predicted octanol–water partition coefficient (Wildman–Crippen LogP) is 1.13. The van der Waals surface area contributed by atoms with Crippen molar-refractivity contribution in [3.05, 3.63) is 0 Å². The Kier molecular flexibility index (Phi) is 5.42. The summed E-state index contributed by atoms with van der Waals surface area (Å²) in [5, 5.41) is 10.0. The minimum absolute atomic E-state index is 0.199. The van der Waals surface area contributed by atoms with Gasteiger partial charge in [-0.15, -0.1) is 0 Å². The van der Waals surface area contributed by atoms with Gasteiger partial charge in [-0.1, -0.05) is 0 Å². The minimum Gasteiger partial charge on any atom is -0.393 e. The van der Waals surface area contributed by atoms with Gasteiger partial charge in [0.25, 0.3) is 0 Å². The lowest BCUT2D eigenvalue weighted by Gasteiger charge is -2.36. The zero-order valence-electron chi connectivity index (χ0n) is 11.7. The lowest BCUT2D eigenvalue weighted by atomic mass is 9.97. The molecule has 4 nitrogen and oxygen atoms in total. The number of aliphatic hydroxyl groups is 1. The van der Waals surface area contributed by atoms with Crippen molar-refractivity contribution in [2.75, 3.05) is 40.0 Å². The maximum atomic E-state index is 10.0. The third kappa shape index (κ3) is 3.92. The molecule has 1 saturated carbocycles. The molecule has 1 aliphatic carbocycles. The highest BCUT2D eigenvalue weighted by molar-refractivity contribution is 4.87. The largest absolute Gasteiger partial charge is 0.393 e. The van der Waals surface area contributed by atoms with Crippen molar-refractivity contribution in [1.82, 2.24) is 4.90 Å².